The third-order valence-electron chi connectivity index (χ3n) is 6.65. The van der Waals surface area contributed by atoms with Gasteiger partial charge in [0.15, 0.2) is 0 Å². The molecule has 0 saturated carbocycles. The molecule has 0 N–H and O–H groups in total. The van der Waals surface area contributed by atoms with Crippen LogP contribution in [0.2, 0.25) is 0 Å². The van der Waals surface area contributed by atoms with E-state index in [1.165, 1.54) is 21.8 Å². The molecule has 0 fully saturated rings. The molecule has 0 unspecified atom stereocenters. The van der Waals surface area contributed by atoms with E-state index in [0.29, 0.717) is 32.3 Å². The van der Waals surface area contributed by atoms with Crippen molar-refractivity contribution in [2.45, 2.75) is 40.7 Å². The standard InChI is InChI=1S/C33H39N2O3P/c1-5-14-27(28-15-9-11-17-31(28)34-23-13-24-39(36,37-7-3)38-8-4)21-19-26-20-22-33-30(25-26)29-16-10-12-18-32(29)35(33)6-2/h5,9-12,14-22,25H,6-8,13,23-24H2,1-4H3/b14-5-,21-19?,28-27+,34-31+. The lowest BCUT2D eigenvalue weighted by atomic mass is 9.97. The van der Waals surface area contributed by atoms with Crippen LogP contribution < -0.4 is 0 Å². The molecule has 0 saturated heterocycles. The highest BCUT2D eigenvalue weighted by molar-refractivity contribution is 7.53. The Morgan fingerprint density at radius 3 is 2.44 bits per heavy atom. The third-order valence-corrected chi connectivity index (χ3v) is 8.82. The van der Waals surface area contributed by atoms with Gasteiger partial charge in [-0.2, -0.15) is 0 Å². The molecule has 0 bridgehead atoms. The first kappa shape index (κ1) is 28.8. The fourth-order valence-corrected chi connectivity index (χ4v) is 6.64. The quantitative estimate of drug-likeness (QED) is 0.170. The van der Waals surface area contributed by atoms with Crippen molar-refractivity contribution >= 4 is 41.2 Å². The number of benzene rings is 2. The molecule has 6 heteroatoms. The van der Waals surface area contributed by atoms with E-state index < -0.39 is 7.60 Å². The molecule has 1 aliphatic rings. The van der Waals surface area contributed by atoms with Crippen LogP contribution in [-0.4, -0.2) is 36.2 Å². The van der Waals surface area contributed by atoms with Crippen molar-refractivity contribution in [3.63, 3.8) is 0 Å². The van der Waals surface area contributed by atoms with E-state index in [1.54, 1.807) is 0 Å². The van der Waals surface area contributed by atoms with Gasteiger partial charge in [-0.3, -0.25) is 9.56 Å². The molecule has 1 aliphatic carbocycles. The molecule has 1 heterocycles. The Labute approximate surface area is 232 Å². The monoisotopic (exact) mass is 542 g/mol. The smallest absolute Gasteiger partial charge is 0.330 e. The van der Waals surface area contributed by atoms with Crippen molar-refractivity contribution in [1.82, 2.24) is 4.57 Å². The number of hydrogen-bond donors (Lipinski definition) is 0. The number of rotatable bonds is 12. The molecule has 0 radical (unpaired) electrons. The van der Waals surface area contributed by atoms with Gasteiger partial charge < -0.3 is 13.6 Å². The fraction of sp³-hybridized carbons (Fsp3) is 0.303. The second kappa shape index (κ2) is 13.7. The van der Waals surface area contributed by atoms with Crippen LogP contribution in [0, 0.1) is 0 Å². The van der Waals surface area contributed by atoms with Crippen LogP contribution >= 0.6 is 7.60 Å². The van der Waals surface area contributed by atoms with Gasteiger partial charge in [-0.1, -0.05) is 66.8 Å². The minimum absolute atomic E-state index is 0.364. The molecular formula is C33H39N2O3P. The minimum Gasteiger partial charge on any atom is -0.341 e. The van der Waals surface area contributed by atoms with Gasteiger partial charge in [0.05, 0.1) is 25.1 Å². The van der Waals surface area contributed by atoms with E-state index >= 15 is 0 Å². The maximum absolute atomic E-state index is 12.8. The van der Waals surface area contributed by atoms with Crippen LogP contribution in [0.25, 0.3) is 27.9 Å². The summed E-state index contributed by atoms with van der Waals surface area (Å²) in [6, 6.07) is 15.3. The predicted octanol–water partition coefficient (Wildman–Crippen LogP) is 8.92. The van der Waals surface area contributed by atoms with Gasteiger partial charge in [-0.25, -0.2) is 0 Å². The first-order chi connectivity index (χ1) is 19.0. The Morgan fingerprint density at radius 1 is 0.949 bits per heavy atom. The molecule has 204 valence electrons. The van der Waals surface area contributed by atoms with E-state index in [-0.39, 0.29) is 0 Å². The molecule has 0 atom stereocenters. The first-order valence-electron chi connectivity index (χ1n) is 13.9. The van der Waals surface area contributed by atoms with Crippen molar-refractivity contribution in [3.05, 3.63) is 102 Å². The van der Waals surface area contributed by atoms with Crippen LogP contribution in [-0.2, 0) is 20.2 Å². The number of aliphatic imine (C=N–C) groups is 1. The largest absolute Gasteiger partial charge is 0.341 e. The third kappa shape index (κ3) is 6.86. The summed E-state index contributed by atoms with van der Waals surface area (Å²) in [5, 5.41) is 2.55. The van der Waals surface area contributed by atoms with Gasteiger partial charge in [0.1, 0.15) is 0 Å². The maximum Gasteiger partial charge on any atom is 0.330 e. The van der Waals surface area contributed by atoms with E-state index in [0.717, 1.165) is 29.0 Å². The van der Waals surface area contributed by atoms with Gasteiger partial charge in [-0.15, -0.1) is 0 Å². The van der Waals surface area contributed by atoms with Crippen LogP contribution in [0.5, 0.6) is 0 Å². The molecule has 1 aromatic heterocycles. The van der Waals surface area contributed by atoms with Gasteiger partial charge in [0.25, 0.3) is 0 Å². The van der Waals surface area contributed by atoms with Gasteiger partial charge in [-0.05, 0) is 69.5 Å². The molecule has 0 amide bonds. The molecule has 2 aromatic carbocycles. The summed E-state index contributed by atoms with van der Waals surface area (Å²) < 4.78 is 26.0. The molecule has 4 rings (SSSR count). The zero-order chi connectivity index (χ0) is 27.7. The lowest BCUT2D eigenvalue weighted by Crippen LogP contribution is -2.06. The van der Waals surface area contributed by atoms with Gasteiger partial charge >= 0.3 is 7.60 Å². The van der Waals surface area contributed by atoms with Crippen molar-refractivity contribution in [2.24, 2.45) is 4.99 Å². The second-order valence-corrected chi connectivity index (χ2v) is 11.4. The number of para-hydroxylation sites is 1. The average molecular weight is 543 g/mol. The number of allylic oxidation sites excluding steroid dienone is 9. The Morgan fingerprint density at radius 2 is 1.69 bits per heavy atom. The minimum atomic E-state index is -3.05. The highest BCUT2D eigenvalue weighted by Crippen LogP contribution is 2.48. The molecule has 39 heavy (non-hydrogen) atoms. The highest BCUT2D eigenvalue weighted by Gasteiger charge is 2.22. The van der Waals surface area contributed by atoms with E-state index in [2.05, 4.69) is 84.3 Å². The Hall–Kier alpha value is -3.24. The highest BCUT2D eigenvalue weighted by atomic mass is 31.2. The maximum atomic E-state index is 12.8. The van der Waals surface area contributed by atoms with Crippen molar-refractivity contribution < 1.29 is 13.6 Å². The SMILES string of the molecule is C\C=C/C(C=Cc1ccc2c(c1)c1ccccc1n2CC)=C1/C=CC=C/C1=N\CCCP(=O)(OCC)OCC. The lowest BCUT2D eigenvalue weighted by molar-refractivity contribution is 0.220. The van der Waals surface area contributed by atoms with Crippen LogP contribution in [0.3, 0.4) is 0 Å². The summed E-state index contributed by atoms with van der Waals surface area (Å²) in [4.78, 5) is 4.85. The number of nitrogens with zero attached hydrogens (tertiary/aromatic N) is 2. The van der Waals surface area contributed by atoms with Gasteiger partial charge in [0, 0.05) is 40.5 Å². The summed E-state index contributed by atoms with van der Waals surface area (Å²) in [6.07, 6.45) is 17.7. The summed E-state index contributed by atoms with van der Waals surface area (Å²) in [5.41, 5.74) is 6.75. The summed E-state index contributed by atoms with van der Waals surface area (Å²) in [6.45, 7) is 10.1. The molecule has 5 nitrogen and oxygen atoms in total. The molecule has 3 aromatic rings. The van der Waals surface area contributed by atoms with Crippen LogP contribution in [0.4, 0.5) is 0 Å². The topological polar surface area (TPSA) is 52.8 Å². The lowest BCUT2D eigenvalue weighted by Gasteiger charge is -2.16. The predicted molar refractivity (Wildman–Crippen MR) is 167 cm³/mol. The van der Waals surface area contributed by atoms with Crippen molar-refractivity contribution in [1.29, 1.82) is 0 Å². The zero-order valence-electron chi connectivity index (χ0n) is 23.5. The van der Waals surface area contributed by atoms with E-state index in [9.17, 15) is 4.57 Å². The van der Waals surface area contributed by atoms with Crippen LogP contribution in [0.1, 0.15) is 39.7 Å². The van der Waals surface area contributed by atoms with Crippen molar-refractivity contribution in [3.8, 4) is 0 Å². The molecule has 0 aliphatic heterocycles. The molecular weight excluding hydrogens is 503 g/mol. The summed E-state index contributed by atoms with van der Waals surface area (Å²) in [5.74, 6) is 0. The average Bonchev–Trinajstić information content (AvgIpc) is 3.27. The van der Waals surface area contributed by atoms with E-state index in [4.69, 9.17) is 14.0 Å². The number of aryl methyl sites for hydroxylation is 1. The number of hydrogen-bond acceptors (Lipinski definition) is 4. The Balaban J connectivity index is 1.60. The normalized spacial score (nSPS) is 16.6. The summed E-state index contributed by atoms with van der Waals surface area (Å²) >= 11 is 0. The number of aromatic nitrogens is 1. The van der Waals surface area contributed by atoms with E-state index in [1.807, 2.05) is 39.0 Å². The second-order valence-electron chi connectivity index (χ2n) is 9.25. The molecule has 0 spiro atoms. The summed E-state index contributed by atoms with van der Waals surface area (Å²) in [7, 11) is -3.05. The number of fused-ring (bicyclic) bond motifs is 3. The zero-order valence-corrected chi connectivity index (χ0v) is 24.4. The van der Waals surface area contributed by atoms with Crippen molar-refractivity contribution in [2.75, 3.05) is 25.9 Å². The van der Waals surface area contributed by atoms with Crippen LogP contribution in [0.15, 0.2) is 101 Å². The first-order valence-corrected chi connectivity index (χ1v) is 15.6. The Kier molecular flexibility index (Phi) is 10.1. The fourth-order valence-electron chi connectivity index (χ4n) is 5.00. The van der Waals surface area contributed by atoms with Gasteiger partial charge in [0.2, 0.25) is 0 Å². The Bertz CT molecular complexity index is 1530.